The summed E-state index contributed by atoms with van der Waals surface area (Å²) in [4.78, 5) is 6.58. The van der Waals surface area contributed by atoms with Gasteiger partial charge in [-0.05, 0) is 50.3 Å². The summed E-state index contributed by atoms with van der Waals surface area (Å²) >= 11 is 1.97. The minimum absolute atomic E-state index is 0. The number of aliphatic imine (C=N–C) groups is 1. The predicted molar refractivity (Wildman–Crippen MR) is 135 cm³/mol. The van der Waals surface area contributed by atoms with Crippen molar-refractivity contribution in [3.8, 4) is 5.75 Å². The van der Waals surface area contributed by atoms with Gasteiger partial charge in [0.2, 0.25) is 0 Å². The van der Waals surface area contributed by atoms with Crippen LogP contribution in [0.3, 0.4) is 0 Å². The Balaban J connectivity index is 0.00000420. The van der Waals surface area contributed by atoms with Gasteiger partial charge in [-0.2, -0.15) is 11.8 Å². The third-order valence-electron chi connectivity index (χ3n) is 5.06. The molecule has 2 N–H and O–H groups in total. The van der Waals surface area contributed by atoms with Gasteiger partial charge in [-0.15, -0.1) is 24.0 Å². The molecule has 2 atom stereocenters. The molecule has 1 fully saturated rings. The lowest BCUT2D eigenvalue weighted by Gasteiger charge is -2.18. The van der Waals surface area contributed by atoms with Gasteiger partial charge in [0.25, 0.3) is 0 Å². The van der Waals surface area contributed by atoms with Gasteiger partial charge in [-0.1, -0.05) is 12.1 Å². The van der Waals surface area contributed by atoms with Crippen molar-refractivity contribution in [1.29, 1.82) is 0 Å². The maximum atomic E-state index is 5.90. The van der Waals surface area contributed by atoms with Gasteiger partial charge in [0.15, 0.2) is 5.96 Å². The smallest absolute Gasteiger partial charge is 0.191 e. The molecule has 1 saturated carbocycles. The van der Waals surface area contributed by atoms with Crippen LogP contribution in [0.15, 0.2) is 29.3 Å². The molecule has 0 radical (unpaired) electrons. The van der Waals surface area contributed by atoms with Crippen molar-refractivity contribution in [2.75, 3.05) is 53.8 Å². The number of methoxy groups -OCH3 is 1. The summed E-state index contributed by atoms with van der Waals surface area (Å²) in [6.45, 7) is 3.92. The Morgan fingerprint density at radius 2 is 2.07 bits per heavy atom. The highest BCUT2D eigenvalue weighted by molar-refractivity contribution is 14.0. The molecule has 1 aromatic rings. The van der Waals surface area contributed by atoms with Crippen molar-refractivity contribution in [3.63, 3.8) is 0 Å². The zero-order valence-corrected chi connectivity index (χ0v) is 21.3. The second-order valence-corrected chi connectivity index (χ2v) is 8.37. The Labute approximate surface area is 197 Å². The van der Waals surface area contributed by atoms with Crippen LogP contribution in [0.5, 0.6) is 5.75 Å². The van der Waals surface area contributed by atoms with Crippen LogP contribution < -0.4 is 15.4 Å². The van der Waals surface area contributed by atoms with Crippen LogP contribution in [0.2, 0.25) is 0 Å². The van der Waals surface area contributed by atoms with Crippen molar-refractivity contribution in [2.45, 2.75) is 37.1 Å². The molecule has 0 saturated heterocycles. The molecule has 6 nitrogen and oxygen atoms in total. The Bertz CT molecular complexity index is 606. The SMILES string of the molecule is CN=C(NCc1cccc(OCCN(C)CCOC)c1)NC1CCC(SC)C1.I. The number of hydrogen-bond donors (Lipinski definition) is 2. The molecule has 8 heteroatoms. The van der Waals surface area contributed by atoms with E-state index in [0.717, 1.165) is 43.2 Å². The summed E-state index contributed by atoms with van der Waals surface area (Å²) in [7, 11) is 5.63. The molecule has 2 unspecified atom stereocenters. The number of rotatable bonds is 11. The minimum atomic E-state index is 0. The first-order chi connectivity index (χ1) is 13.6. The number of likely N-dealkylation sites (N-methyl/N-ethyl adjacent to an activating group) is 1. The molecule has 0 spiro atoms. The number of guanidine groups is 1. The van der Waals surface area contributed by atoms with Crippen molar-refractivity contribution in [2.24, 2.45) is 4.99 Å². The third-order valence-corrected chi connectivity index (χ3v) is 6.15. The molecule has 166 valence electrons. The minimum Gasteiger partial charge on any atom is -0.492 e. The number of benzene rings is 1. The van der Waals surface area contributed by atoms with E-state index in [1.165, 1.54) is 24.8 Å². The lowest BCUT2D eigenvalue weighted by Crippen LogP contribution is -2.42. The van der Waals surface area contributed by atoms with E-state index in [1.807, 2.05) is 30.9 Å². The van der Waals surface area contributed by atoms with Gasteiger partial charge < -0.3 is 25.0 Å². The standard InChI is InChI=1S/C21H36N4O2S.HI/c1-22-21(24-18-8-9-20(15-18)28-4)23-16-17-6-5-7-19(14-17)27-13-11-25(2)10-12-26-3;/h5-7,14,18,20H,8-13,15-16H2,1-4H3,(H2,22,23,24);1H. The molecule has 0 heterocycles. The molecule has 29 heavy (non-hydrogen) atoms. The molecule has 1 aliphatic rings. The Hall–Kier alpha value is -0.710. The number of halogens is 1. The Morgan fingerprint density at radius 3 is 2.76 bits per heavy atom. The number of nitrogens with zero attached hydrogens (tertiary/aromatic N) is 2. The first-order valence-electron chi connectivity index (χ1n) is 10.0. The topological polar surface area (TPSA) is 58.1 Å². The van der Waals surface area contributed by atoms with Gasteiger partial charge in [0.05, 0.1) is 6.61 Å². The molecule has 0 bridgehead atoms. The van der Waals surface area contributed by atoms with E-state index in [4.69, 9.17) is 9.47 Å². The Kier molecular flexibility index (Phi) is 13.7. The first kappa shape index (κ1) is 26.3. The second kappa shape index (κ2) is 15.1. The van der Waals surface area contributed by atoms with E-state index in [1.54, 1.807) is 7.11 Å². The average molecular weight is 537 g/mol. The van der Waals surface area contributed by atoms with Gasteiger partial charge in [-0.25, -0.2) is 0 Å². The van der Waals surface area contributed by atoms with Gasteiger partial charge >= 0.3 is 0 Å². The third kappa shape index (κ3) is 10.2. The maximum Gasteiger partial charge on any atom is 0.191 e. The number of hydrogen-bond acceptors (Lipinski definition) is 5. The quantitative estimate of drug-likeness (QED) is 0.258. The van der Waals surface area contributed by atoms with E-state index in [2.05, 4.69) is 46.0 Å². The van der Waals surface area contributed by atoms with Crippen LogP contribution in [0.25, 0.3) is 0 Å². The van der Waals surface area contributed by atoms with E-state index in [9.17, 15) is 0 Å². The van der Waals surface area contributed by atoms with Gasteiger partial charge in [0, 0.05) is 45.1 Å². The van der Waals surface area contributed by atoms with E-state index < -0.39 is 0 Å². The summed E-state index contributed by atoms with van der Waals surface area (Å²) in [6, 6.07) is 8.77. The zero-order chi connectivity index (χ0) is 20.2. The molecule has 1 aliphatic carbocycles. The molecular formula is C21H37IN4O2S. The van der Waals surface area contributed by atoms with Crippen LogP contribution in [-0.4, -0.2) is 75.9 Å². The number of nitrogens with one attached hydrogen (secondary N) is 2. The predicted octanol–water partition coefficient (Wildman–Crippen LogP) is 3.21. The van der Waals surface area contributed by atoms with Crippen LogP contribution in [0, 0.1) is 0 Å². The van der Waals surface area contributed by atoms with Crippen molar-refractivity contribution < 1.29 is 9.47 Å². The second-order valence-electron chi connectivity index (χ2n) is 7.23. The van der Waals surface area contributed by atoms with Crippen molar-refractivity contribution in [3.05, 3.63) is 29.8 Å². The highest BCUT2D eigenvalue weighted by Crippen LogP contribution is 2.28. The fraction of sp³-hybridized carbons (Fsp3) is 0.667. The molecule has 2 rings (SSSR count). The van der Waals surface area contributed by atoms with Crippen LogP contribution in [0.1, 0.15) is 24.8 Å². The van der Waals surface area contributed by atoms with Crippen LogP contribution >= 0.6 is 35.7 Å². The fourth-order valence-corrected chi connectivity index (χ4v) is 4.08. The van der Waals surface area contributed by atoms with Crippen molar-refractivity contribution in [1.82, 2.24) is 15.5 Å². The summed E-state index contributed by atoms with van der Waals surface area (Å²) < 4.78 is 11.0. The molecular weight excluding hydrogens is 499 g/mol. The van der Waals surface area contributed by atoms with E-state index in [-0.39, 0.29) is 24.0 Å². The molecule has 1 aromatic carbocycles. The summed E-state index contributed by atoms with van der Waals surface area (Å²) in [6.07, 6.45) is 5.92. The van der Waals surface area contributed by atoms with Crippen LogP contribution in [0.4, 0.5) is 0 Å². The highest BCUT2D eigenvalue weighted by Gasteiger charge is 2.24. The Morgan fingerprint density at radius 1 is 1.28 bits per heavy atom. The molecule has 0 amide bonds. The zero-order valence-electron chi connectivity index (χ0n) is 18.1. The lowest BCUT2D eigenvalue weighted by molar-refractivity contribution is 0.150. The monoisotopic (exact) mass is 536 g/mol. The number of ether oxygens (including phenoxy) is 2. The summed E-state index contributed by atoms with van der Waals surface area (Å²) in [5.41, 5.74) is 1.18. The summed E-state index contributed by atoms with van der Waals surface area (Å²) in [5.74, 6) is 1.78. The molecule has 0 aromatic heterocycles. The van der Waals surface area contributed by atoms with Gasteiger partial charge in [-0.3, -0.25) is 4.99 Å². The normalized spacial score (nSPS) is 19.1. The maximum absolute atomic E-state index is 5.90. The first-order valence-corrected chi connectivity index (χ1v) is 11.3. The van der Waals surface area contributed by atoms with E-state index in [0.29, 0.717) is 12.6 Å². The highest BCUT2D eigenvalue weighted by atomic mass is 127. The number of thioether (sulfide) groups is 1. The van der Waals surface area contributed by atoms with Crippen molar-refractivity contribution >= 4 is 41.7 Å². The molecule has 0 aliphatic heterocycles. The van der Waals surface area contributed by atoms with Gasteiger partial charge in [0.1, 0.15) is 12.4 Å². The van der Waals surface area contributed by atoms with E-state index >= 15 is 0 Å². The van der Waals surface area contributed by atoms with Crippen LogP contribution in [-0.2, 0) is 11.3 Å². The largest absolute Gasteiger partial charge is 0.492 e. The lowest BCUT2D eigenvalue weighted by atomic mass is 10.2. The fourth-order valence-electron chi connectivity index (χ4n) is 3.28. The average Bonchev–Trinajstić information content (AvgIpc) is 3.17. The summed E-state index contributed by atoms with van der Waals surface area (Å²) in [5, 5.41) is 7.76.